The number of aryl methyl sites for hydroxylation is 1. The van der Waals surface area contributed by atoms with E-state index in [-0.39, 0.29) is 11.4 Å². The maximum Gasteiger partial charge on any atom is 0.449 e. The van der Waals surface area contributed by atoms with Crippen LogP contribution in [0.15, 0.2) is 48.5 Å². The maximum absolute atomic E-state index is 13.1. The molecule has 1 aromatic heterocycles. The van der Waals surface area contributed by atoms with Crippen LogP contribution in [0.5, 0.6) is 0 Å². The summed E-state index contributed by atoms with van der Waals surface area (Å²) in [6.45, 7) is 1.84. The summed E-state index contributed by atoms with van der Waals surface area (Å²) in [4.78, 5) is 6.08. The van der Waals surface area contributed by atoms with E-state index in [1.807, 2.05) is 13.0 Å². The minimum Gasteiger partial charge on any atom is -0.755 e. The van der Waals surface area contributed by atoms with E-state index in [0.717, 1.165) is 5.56 Å². The molecule has 0 aliphatic carbocycles. The van der Waals surface area contributed by atoms with Crippen LogP contribution >= 0.6 is 0 Å². The van der Waals surface area contributed by atoms with Gasteiger partial charge in [-0.15, -0.1) is 0 Å². The number of aromatic nitrogens is 2. The third-order valence-electron chi connectivity index (χ3n) is 3.64. The molecule has 0 spiro atoms. The van der Waals surface area contributed by atoms with Crippen molar-refractivity contribution in [3.8, 4) is 22.5 Å². The highest BCUT2D eigenvalue weighted by molar-refractivity contribution is 7.80. The molecule has 0 aliphatic rings. The van der Waals surface area contributed by atoms with Gasteiger partial charge in [-0.05, 0) is 25.1 Å². The van der Waals surface area contributed by atoms with Crippen LogP contribution in [0.3, 0.4) is 0 Å². The van der Waals surface area contributed by atoms with Gasteiger partial charge in [0, 0.05) is 28.1 Å². The van der Waals surface area contributed by atoms with Gasteiger partial charge in [-0.3, -0.25) is 4.21 Å². The highest BCUT2D eigenvalue weighted by Gasteiger charge is 2.36. The Morgan fingerprint density at radius 1 is 1.12 bits per heavy atom. The normalized spacial score (nSPS) is 12.8. The molecule has 1 atom stereocenters. The summed E-state index contributed by atoms with van der Waals surface area (Å²) in [5, 5.41) is 0. The number of imidazole rings is 1. The van der Waals surface area contributed by atoms with Gasteiger partial charge in [0.25, 0.3) is 0 Å². The zero-order valence-electron chi connectivity index (χ0n) is 13.4. The number of benzene rings is 2. The third-order valence-corrected chi connectivity index (χ3v) is 4.04. The van der Waals surface area contributed by atoms with Crippen LogP contribution in [0.4, 0.5) is 18.9 Å². The molecule has 3 rings (SSSR count). The molecule has 2 N–H and O–H groups in total. The summed E-state index contributed by atoms with van der Waals surface area (Å²) in [6, 6.07) is 13.0. The van der Waals surface area contributed by atoms with Gasteiger partial charge in [0.1, 0.15) is 0 Å². The summed E-state index contributed by atoms with van der Waals surface area (Å²) in [5.74, 6) is -1.09. The topological polar surface area (TPSA) is 80.8 Å². The molecule has 1 heterocycles. The molecule has 136 valence electrons. The summed E-state index contributed by atoms with van der Waals surface area (Å²) < 4.78 is 62.9. The highest BCUT2D eigenvalue weighted by atomic mass is 32.2. The molecule has 0 bridgehead atoms. The molecule has 0 saturated heterocycles. The summed E-state index contributed by atoms with van der Waals surface area (Å²) in [5.41, 5.74) is 2.57. The Kier molecular flexibility index (Phi) is 4.84. The van der Waals surface area contributed by atoms with Crippen LogP contribution in [-0.2, 0) is 17.4 Å². The van der Waals surface area contributed by atoms with Crippen molar-refractivity contribution in [2.24, 2.45) is 0 Å². The van der Waals surface area contributed by atoms with Gasteiger partial charge >= 0.3 is 6.18 Å². The molecule has 0 amide bonds. The van der Waals surface area contributed by atoms with Crippen molar-refractivity contribution < 1.29 is 21.9 Å². The van der Waals surface area contributed by atoms with Crippen LogP contribution in [0.1, 0.15) is 11.4 Å². The largest absolute Gasteiger partial charge is 0.755 e. The van der Waals surface area contributed by atoms with Crippen molar-refractivity contribution >= 4 is 17.0 Å². The maximum atomic E-state index is 13.1. The Labute approximate surface area is 149 Å². The molecular formula is C17H13F3N3O2S-. The fourth-order valence-electron chi connectivity index (χ4n) is 2.52. The lowest BCUT2D eigenvalue weighted by molar-refractivity contribution is -0.144. The zero-order chi connectivity index (χ0) is 18.9. The van der Waals surface area contributed by atoms with E-state index < -0.39 is 23.3 Å². The standard InChI is InChI=1S/C17H14F3N3O2S/c1-10-3-2-4-12(9-10)15-14(21-16(22-15)17(18,19)20)11-5-7-13(8-6-11)23-26(24)25/h2-9,23H,1H3,(H,21,22)(H,24,25)/p-1. The van der Waals surface area contributed by atoms with Crippen LogP contribution in [0.25, 0.3) is 22.5 Å². The predicted octanol–water partition coefficient (Wildman–Crippen LogP) is 4.28. The van der Waals surface area contributed by atoms with Crippen molar-refractivity contribution in [3.63, 3.8) is 0 Å². The SMILES string of the molecule is Cc1cccc(-c2nc(C(F)(F)F)[nH]c2-c2ccc(NS(=O)[O-])cc2)c1. The second-order valence-corrected chi connectivity index (χ2v) is 6.26. The Hall–Kier alpha value is -2.65. The van der Waals surface area contributed by atoms with Gasteiger partial charge in [-0.25, -0.2) is 4.98 Å². The van der Waals surface area contributed by atoms with Gasteiger partial charge in [-0.2, -0.15) is 13.2 Å². The van der Waals surface area contributed by atoms with Crippen molar-refractivity contribution in [2.75, 3.05) is 4.72 Å². The lowest BCUT2D eigenvalue weighted by Crippen LogP contribution is -2.07. The third kappa shape index (κ3) is 3.94. The van der Waals surface area contributed by atoms with Crippen LogP contribution in [0, 0.1) is 6.92 Å². The summed E-state index contributed by atoms with van der Waals surface area (Å²) in [7, 11) is 0. The second kappa shape index (κ2) is 6.93. The van der Waals surface area contributed by atoms with Crippen molar-refractivity contribution in [2.45, 2.75) is 13.1 Å². The monoisotopic (exact) mass is 380 g/mol. The van der Waals surface area contributed by atoms with E-state index in [1.54, 1.807) is 18.2 Å². The fraction of sp³-hybridized carbons (Fsp3) is 0.118. The Morgan fingerprint density at radius 2 is 1.81 bits per heavy atom. The van der Waals surface area contributed by atoms with Crippen molar-refractivity contribution in [1.82, 2.24) is 9.97 Å². The van der Waals surface area contributed by atoms with Crippen LogP contribution in [0.2, 0.25) is 0 Å². The van der Waals surface area contributed by atoms with Crippen LogP contribution < -0.4 is 4.72 Å². The minimum absolute atomic E-state index is 0.175. The molecule has 0 radical (unpaired) electrons. The lowest BCUT2D eigenvalue weighted by Gasteiger charge is -2.09. The first-order valence-electron chi connectivity index (χ1n) is 7.44. The summed E-state index contributed by atoms with van der Waals surface area (Å²) >= 11 is -2.48. The number of H-pyrrole nitrogens is 1. The Bertz CT molecular complexity index is 953. The number of hydrogen-bond acceptors (Lipinski definition) is 3. The first kappa shape index (κ1) is 18.2. The number of rotatable bonds is 4. The van der Waals surface area contributed by atoms with E-state index >= 15 is 0 Å². The number of halogens is 3. The molecule has 2 aromatic carbocycles. The average molecular weight is 380 g/mol. The van der Waals surface area contributed by atoms with E-state index in [2.05, 4.69) is 14.7 Å². The van der Waals surface area contributed by atoms with Crippen LogP contribution in [-0.4, -0.2) is 18.7 Å². The number of nitrogens with zero attached hydrogens (tertiary/aromatic N) is 1. The van der Waals surface area contributed by atoms with E-state index in [9.17, 15) is 21.9 Å². The molecule has 0 saturated carbocycles. The number of nitrogens with one attached hydrogen (secondary N) is 2. The minimum atomic E-state index is -4.61. The molecule has 9 heteroatoms. The molecule has 0 aliphatic heterocycles. The smallest absolute Gasteiger partial charge is 0.449 e. The molecule has 5 nitrogen and oxygen atoms in total. The zero-order valence-corrected chi connectivity index (χ0v) is 14.2. The van der Waals surface area contributed by atoms with Crippen molar-refractivity contribution in [3.05, 3.63) is 59.9 Å². The molecule has 26 heavy (non-hydrogen) atoms. The molecule has 3 aromatic rings. The lowest BCUT2D eigenvalue weighted by atomic mass is 10.0. The number of hydrogen-bond donors (Lipinski definition) is 2. The van der Waals surface area contributed by atoms with E-state index in [4.69, 9.17) is 0 Å². The van der Waals surface area contributed by atoms with Gasteiger partial charge in [0.05, 0.1) is 11.4 Å². The van der Waals surface area contributed by atoms with Crippen molar-refractivity contribution in [1.29, 1.82) is 0 Å². The predicted molar refractivity (Wildman–Crippen MR) is 91.7 cm³/mol. The van der Waals surface area contributed by atoms with Gasteiger partial charge < -0.3 is 14.3 Å². The Morgan fingerprint density at radius 3 is 2.38 bits per heavy atom. The van der Waals surface area contributed by atoms with Gasteiger partial charge in [0.2, 0.25) is 5.82 Å². The van der Waals surface area contributed by atoms with Gasteiger partial charge in [0.15, 0.2) is 0 Å². The number of alkyl halides is 3. The molecule has 0 fully saturated rings. The quantitative estimate of drug-likeness (QED) is 0.663. The van der Waals surface area contributed by atoms with Gasteiger partial charge in [-0.1, -0.05) is 35.9 Å². The number of aromatic amines is 1. The van der Waals surface area contributed by atoms with E-state index in [1.165, 1.54) is 24.3 Å². The number of anilines is 1. The Balaban J connectivity index is 2.10. The average Bonchev–Trinajstić information content (AvgIpc) is 3.00. The first-order chi connectivity index (χ1) is 12.2. The molecule has 1 unspecified atom stereocenters. The highest BCUT2D eigenvalue weighted by Crippen LogP contribution is 2.36. The fourth-order valence-corrected chi connectivity index (χ4v) is 2.85. The molecular weight excluding hydrogens is 367 g/mol. The van der Waals surface area contributed by atoms with E-state index in [0.29, 0.717) is 16.8 Å². The first-order valence-corrected chi connectivity index (χ1v) is 8.52. The second-order valence-electron chi connectivity index (χ2n) is 5.59. The summed E-state index contributed by atoms with van der Waals surface area (Å²) in [6.07, 6.45) is -4.61.